The number of hydrogen-bond donors (Lipinski definition) is 0. The number of halogens is 2. The van der Waals surface area contributed by atoms with Crippen LogP contribution in [0.1, 0.15) is 37.0 Å². The summed E-state index contributed by atoms with van der Waals surface area (Å²) >= 11 is 12.0. The second-order valence-corrected chi connectivity index (χ2v) is 8.09. The third-order valence-corrected chi connectivity index (χ3v) is 5.67. The summed E-state index contributed by atoms with van der Waals surface area (Å²) in [5.41, 5.74) is 1.29. The Labute approximate surface area is 202 Å². The third kappa shape index (κ3) is 3.93. The molecule has 8 nitrogen and oxygen atoms in total. The first-order valence-electron chi connectivity index (χ1n) is 9.95. The Morgan fingerprint density at radius 3 is 2.41 bits per heavy atom. The van der Waals surface area contributed by atoms with Gasteiger partial charge in [-0.15, -0.1) is 10.2 Å². The average Bonchev–Trinajstić information content (AvgIpc) is 3.41. The average molecular weight is 494 g/mol. The normalized spacial score (nSPS) is 12.7. The van der Waals surface area contributed by atoms with E-state index in [1.165, 1.54) is 18.2 Å². The van der Waals surface area contributed by atoms with Gasteiger partial charge in [0.25, 0.3) is 17.7 Å². The van der Waals surface area contributed by atoms with E-state index in [0.717, 1.165) is 4.90 Å². The van der Waals surface area contributed by atoms with E-state index in [4.69, 9.17) is 32.4 Å². The Morgan fingerprint density at radius 2 is 1.65 bits per heavy atom. The molecule has 0 saturated heterocycles. The predicted molar refractivity (Wildman–Crippen MR) is 123 cm³/mol. The summed E-state index contributed by atoms with van der Waals surface area (Å²) in [7, 11) is 0. The van der Waals surface area contributed by atoms with Gasteiger partial charge in [-0.3, -0.25) is 9.59 Å². The van der Waals surface area contributed by atoms with Gasteiger partial charge in [-0.25, -0.2) is 9.69 Å². The molecule has 10 heteroatoms. The smallest absolute Gasteiger partial charge is 0.338 e. The SMILES string of the molecule is O=C(OCc1nnc(-c2ccc(Cl)cc2)o1)c1ccc2c(c1)C(=O)N(c1ccccc1Cl)C2=O. The minimum Gasteiger partial charge on any atom is -0.452 e. The number of ether oxygens (including phenoxy) is 1. The fourth-order valence-corrected chi connectivity index (χ4v) is 3.80. The number of benzene rings is 3. The number of carbonyl (C=O) groups is 3. The van der Waals surface area contributed by atoms with Gasteiger partial charge in [0.15, 0.2) is 6.61 Å². The summed E-state index contributed by atoms with van der Waals surface area (Å²) in [5.74, 6) is -1.47. The van der Waals surface area contributed by atoms with E-state index in [1.54, 1.807) is 48.5 Å². The Morgan fingerprint density at radius 1 is 0.912 bits per heavy atom. The number of amides is 2. The van der Waals surface area contributed by atoms with Crippen molar-refractivity contribution in [2.24, 2.45) is 0 Å². The highest BCUT2D eigenvalue weighted by Gasteiger charge is 2.38. The molecule has 0 fully saturated rings. The number of hydrogen-bond acceptors (Lipinski definition) is 7. The second-order valence-electron chi connectivity index (χ2n) is 7.24. The van der Waals surface area contributed by atoms with Crippen LogP contribution in [-0.4, -0.2) is 28.0 Å². The molecule has 0 N–H and O–H groups in total. The molecule has 0 bridgehead atoms. The first-order valence-corrected chi connectivity index (χ1v) is 10.7. The molecule has 0 saturated carbocycles. The van der Waals surface area contributed by atoms with Crippen LogP contribution >= 0.6 is 23.2 Å². The lowest BCUT2D eigenvalue weighted by Crippen LogP contribution is -2.29. The van der Waals surface area contributed by atoms with Crippen LogP contribution in [-0.2, 0) is 11.3 Å². The molecule has 0 unspecified atom stereocenters. The molecule has 1 aliphatic rings. The first kappa shape index (κ1) is 21.8. The van der Waals surface area contributed by atoms with Crippen molar-refractivity contribution in [2.75, 3.05) is 4.90 Å². The van der Waals surface area contributed by atoms with Crippen LogP contribution in [0.2, 0.25) is 10.0 Å². The zero-order valence-corrected chi connectivity index (χ0v) is 18.7. The number of carbonyl (C=O) groups excluding carboxylic acids is 3. The lowest BCUT2D eigenvalue weighted by Gasteiger charge is -2.15. The summed E-state index contributed by atoms with van der Waals surface area (Å²) < 4.78 is 10.8. The summed E-state index contributed by atoms with van der Waals surface area (Å²) in [5, 5.41) is 8.62. The first-order chi connectivity index (χ1) is 16.4. The van der Waals surface area contributed by atoms with Crippen LogP contribution in [0.15, 0.2) is 71.1 Å². The second kappa shape index (κ2) is 8.74. The highest BCUT2D eigenvalue weighted by Crippen LogP contribution is 2.33. The number of rotatable bonds is 5. The molecule has 5 rings (SSSR count). The van der Waals surface area contributed by atoms with E-state index in [0.29, 0.717) is 10.6 Å². The van der Waals surface area contributed by atoms with Gasteiger partial charge in [-0.2, -0.15) is 0 Å². The van der Waals surface area contributed by atoms with Gasteiger partial charge in [-0.05, 0) is 54.6 Å². The molecule has 0 atom stereocenters. The van der Waals surface area contributed by atoms with E-state index < -0.39 is 17.8 Å². The standard InChI is InChI=1S/C24H13Cl2N3O5/c25-15-8-5-13(6-9-15)21-28-27-20(34-21)12-33-24(32)14-7-10-16-17(11-14)23(31)29(22(16)30)19-4-2-1-3-18(19)26/h1-11H,12H2. The zero-order chi connectivity index (χ0) is 23.8. The molecule has 1 aliphatic heterocycles. The fourth-order valence-electron chi connectivity index (χ4n) is 3.45. The van der Waals surface area contributed by atoms with Gasteiger partial charge in [0, 0.05) is 10.6 Å². The number of esters is 1. The van der Waals surface area contributed by atoms with E-state index >= 15 is 0 Å². The van der Waals surface area contributed by atoms with Gasteiger partial charge in [0.2, 0.25) is 5.89 Å². The van der Waals surface area contributed by atoms with E-state index in [2.05, 4.69) is 10.2 Å². The largest absolute Gasteiger partial charge is 0.452 e. The van der Waals surface area contributed by atoms with Crippen LogP contribution in [0.4, 0.5) is 5.69 Å². The maximum atomic E-state index is 12.9. The Balaban J connectivity index is 1.31. The molecule has 2 amide bonds. The number of aromatic nitrogens is 2. The van der Waals surface area contributed by atoms with Crippen LogP contribution < -0.4 is 4.90 Å². The van der Waals surface area contributed by atoms with Crippen molar-refractivity contribution in [3.05, 3.63) is 99.4 Å². The maximum absolute atomic E-state index is 12.9. The number of imide groups is 1. The van der Waals surface area contributed by atoms with Crippen molar-refractivity contribution in [1.82, 2.24) is 10.2 Å². The van der Waals surface area contributed by atoms with Gasteiger partial charge in [-0.1, -0.05) is 35.3 Å². The van der Waals surface area contributed by atoms with Crippen LogP contribution in [0.5, 0.6) is 0 Å². The van der Waals surface area contributed by atoms with Gasteiger partial charge >= 0.3 is 5.97 Å². The maximum Gasteiger partial charge on any atom is 0.338 e. The highest BCUT2D eigenvalue weighted by molar-refractivity contribution is 6.39. The number of para-hydroxylation sites is 1. The molecular formula is C24H13Cl2N3O5. The Hall–Kier alpha value is -4.01. The monoisotopic (exact) mass is 493 g/mol. The number of nitrogens with zero attached hydrogens (tertiary/aromatic N) is 3. The summed E-state index contributed by atoms with van der Waals surface area (Å²) in [6, 6.07) is 17.5. The molecule has 0 spiro atoms. The minimum absolute atomic E-state index is 0.0854. The number of anilines is 1. The summed E-state index contributed by atoms with van der Waals surface area (Å²) in [6.07, 6.45) is 0. The molecule has 0 aliphatic carbocycles. The lowest BCUT2D eigenvalue weighted by molar-refractivity contribution is 0.0438. The van der Waals surface area contributed by atoms with Crippen molar-refractivity contribution in [1.29, 1.82) is 0 Å². The van der Waals surface area contributed by atoms with Gasteiger partial charge in [0.05, 0.1) is 27.4 Å². The van der Waals surface area contributed by atoms with Crippen molar-refractivity contribution in [3.63, 3.8) is 0 Å². The van der Waals surface area contributed by atoms with E-state index in [9.17, 15) is 14.4 Å². The van der Waals surface area contributed by atoms with Crippen molar-refractivity contribution in [3.8, 4) is 11.5 Å². The number of fused-ring (bicyclic) bond motifs is 1. The zero-order valence-electron chi connectivity index (χ0n) is 17.2. The van der Waals surface area contributed by atoms with Crippen molar-refractivity contribution < 1.29 is 23.5 Å². The predicted octanol–water partition coefficient (Wildman–Crippen LogP) is 5.20. The quantitative estimate of drug-likeness (QED) is 0.278. The Bertz CT molecular complexity index is 1450. The highest BCUT2D eigenvalue weighted by atomic mass is 35.5. The van der Waals surface area contributed by atoms with Crippen LogP contribution in [0.25, 0.3) is 11.5 Å². The van der Waals surface area contributed by atoms with Crippen LogP contribution in [0.3, 0.4) is 0 Å². The Kier molecular flexibility index (Phi) is 5.61. The van der Waals surface area contributed by atoms with Crippen molar-refractivity contribution >= 4 is 46.7 Å². The topological polar surface area (TPSA) is 103 Å². The molecule has 168 valence electrons. The van der Waals surface area contributed by atoms with E-state index in [-0.39, 0.29) is 45.8 Å². The lowest BCUT2D eigenvalue weighted by atomic mass is 10.1. The molecule has 34 heavy (non-hydrogen) atoms. The minimum atomic E-state index is -0.717. The van der Waals surface area contributed by atoms with E-state index in [1.807, 2.05) is 0 Å². The van der Waals surface area contributed by atoms with Crippen LogP contribution in [0, 0.1) is 0 Å². The fraction of sp³-hybridized carbons (Fsp3) is 0.0417. The molecular weight excluding hydrogens is 481 g/mol. The molecule has 0 radical (unpaired) electrons. The molecule has 1 aromatic heterocycles. The molecule has 3 aromatic carbocycles. The molecule has 4 aromatic rings. The third-order valence-electron chi connectivity index (χ3n) is 5.10. The van der Waals surface area contributed by atoms with Gasteiger partial charge in [0.1, 0.15) is 0 Å². The summed E-state index contributed by atoms with van der Waals surface area (Å²) in [4.78, 5) is 39.3. The van der Waals surface area contributed by atoms with Crippen molar-refractivity contribution in [2.45, 2.75) is 6.61 Å². The molecule has 2 heterocycles. The van der Waals surface area contributed by atoms with Gasteiger partial charge < -0.3 is 9.15 Å². The summed E-state index contributed by atoms with van der Waals surface area (Å²) in [6.45, 7) is -0.269.